The molecule has 1 aromatic heterocycles. The van der Waals surface area contributed by atoms with Gasteiger partial charge in [0, 0.05) is 23.9 Å². The summed E-state index contributed by atoms with van der Waals surface area (Å²) in [6, 6.07) is 13.7. The molecule has 2 heterocycles. The highest BCUT2D eigenvalue weighted by Gasteiger charge is 2.27. The summed E-state index contributed by atoms with van der Waals surface area (Å²) >= 11 is 7.88. The van der Waals surface area contributed by atoms with Gasteiger partial charge in [0.15, 0.2) is 0 Å². The van der Waals surface area contributed by atoms with Crippen LogP contribution in [0.3, 0.4) is 0 Å². The Morgan fingerprint density at radius 2 is 2.00 bits per heavy atom. The lowest BCUT2D eigenvalue weighted by molar-refractivity contribution is 0.0711. The minimum absolute atomic E-state index is 0.0222. The maximum atomic E-state index is 12.9. The molecule has 4 nitrogen and oxygen atoms in total. The van der Waals surface area contributed by atoms with Crippen LogP contribution in [0.5, 0.6) is 0 Å². The first kappa shape index (κ1) is 17.4. The van der Waals surface area contributed by atoms with Crippen molar-refractivity contribution in [2.45, 2.75) is 23.7 Å². The Hall–Kier alpha value is -1.98. The average molecular weight is 386 g/mol. The number of amides is 1. The van der Waals surface area contributed by atoms with Gasteiger partial charge in [-0.3, -0.25) is 4.79 Å². The Balaban J connectivity index is 1.47. The maximum absolute atomic E-state index is 12.9. The van der Waals surface area contributed by atoms with Crippen LogP contribution in [0.1, 0.15) is 34.9 Å². The van der Waals surface area contributed by atoms with Gasteiger partial charge in [0.05, 0.1) is 21.6 Å². The van der Waals surface area contributed by atoms with Crippen molar-refractivity contribution in [3.05, 3.63) is 58.9 Å². The van der Waals surface area contributed by atoms with E-state index in [1.165, 1.54) is 0 Å². The number of thioether (sulfide) groups is 1. The molecule has 6 heteroatoms. The first-order chi connectivity index (χ1) is 12.7. The van der Waals surface area contributed by atoms with E-state index >= 15 is 0 Å². The zero-order chi connectivity index (χ0) is 18.1. The number of hydrogen-bond donors (Lipinski definition) is 1. The Morgan fingerprint density at radius 1 is 1.23 bits per heavy atom. The van der Waals surface area contributed by atoms with Gasteiger partial charge in [-0.2, -0.15) is 0 Å². The van der Waals surface area contributed by atoms with Gasteiger partial charge in [-0.05, 0) is 49.4 Å². The molecule has 1 amide bonds. The highest BCUT2D eigenvalue weighted by atomic mass is 35.5. The van der Waals surface area contributed by atoms with Crippen LogP contribution in [0.4, 0.5) is 0 Å². The first-order valence-corrected chi connectivity index (χ1v) is 10.3. The Kier molecular flexibility index (Phi) is 4.92. The van der Waals surface area contributed by atoms with Gasteiger partial charge in [-0.15, -0.1) is 11.8 Å². The summed E-state index contributed by atoms with van der Waals surface area (Å²) in [7, 11) is 0. The van der Waals surface area contributed by atoms with E-state index in [0.717, 1.165) is 47.7 Å². The summed E-state index contributed by atoms with van der Waals surface area (Å²) in [5.41, 5.74) is 2.67. The number of para-hydroxylation sites is 2. The number of imidazole rings is 1. The second-order valence-corrected chi connectivity index (χ2v) is 7.84. The van der Waals surface area contributed by atoms with E-state index < -0.39 is 0 Å². The largest absolute Gasteiger partial charge is 0.342 e. The van der Waals surface area contributed by atoms with Gasteiger partial charge in [-0.25, -0.2) is 4.98 Å². The molecule has 4 rings (SSSR count). The molecule has 0 unspecified atom stereocenters. The summed E-state index contributed by atoms with van der Waals surface area (Å²) in [5, 5.41) is 0.521. The predicted molar refractivity (Wildman–Crippen MR) is 107 cm³/mol. The fourth-order valence-corrected chi connectivity index (χ4v) is 4.13. The minimum atomic E-state index is 0.0222. The lowest BCUT2D eigenvalue weighted by Crippen LogP contribution is -2.38. The van der Waals surface area contributed by atoms with E-state index in [1.54, 1.807) is 11.8 Å². The van der Waals surface area contributed by atoms with Crippen molar-refractivity contribution in [2.75, 3.05) is 19.3 Å². The zero-order valence-electron chi connectivity index (χ0n) is 14.5. The molecule has 26 heavy (non-hydrogen) atoms. The van der Waals surface area contributed by atoms with Crippen LogP contribution in [-0.4, -0.2) is 40.1 Å². The average Bonchev–Trinajstić information content (AvgIpc) is 3.12. The van der Waals surface area contributed by atoms with Crippen molar-refractivity contribution < 1.29 is 4.79 Å². The second-order valence-electron chi connectivity index (χ2n) is 6.55. The van der Waals surface area contributed by atoms with E-state index in [-0.39, 0.29) is 5.91 Å². The molecule has 1 saturated heterocycles. The molecule has 0 aliphatic carbocycles. The van der Waals surface area contributed by atoms with E-state index in [1.807, 2.05) is 53.6 Å². The van der Waals surface area contributed by atoms with E-state index in [2.05, 4.69) is 4.98 Å². The van der Waals surface area contributed by atoms with Gasteiger partial charge < -0.3 is 9.88 Å². The van der Waals surface area contributed by atoms with Crippen molar-refractivity contribution in [2.24, 2.45) is 0 Å². The summed E-state index contributed by atoms with van der Waals surface area (Å²) in [5.74, 6) is 1.41. The molecular formula is C20H20ClN3OS. The predicted octanol–water partition coefficient (Wildman–Crippen LogP) is 4.96. The minimum Gasteiger partial charge on any atom is -0.342 e. The molecule has 0 atom stereocenters. The van der Waals surface area contributed by atoms with Gasteiger partial charge in [0.25, 0.3) is 5.91 Å². The van der Waals surface area contributed by atoms with E-state index in [9.17, 15) is 4.79 Å². The highest BCUT2D eigenvalue weighted by molar-refractivity contribution is 7.98. The number of fused-ring (bicyclic) bond motifs is 1. The number of likely N-dealkylation sites (tertiary alicyclic amines) is 1. The van der Waals surface area contributed by atoms with Crippen LogP contribution in [0.2, 0.25) is 5.02 Å². The molecule has 1 aliphatic rings. The number of carbonyl (C=O) groups excluding carboxylic acids is 1. The van der Waals surface area contributed by atoms with Crippen LogP contribution in [0.15, 0.2) is 47.4 Å². The number of nitrogens with zero attached hydrogens (tertiary/aromatic N) is 2. The van der Waals surface area contributed by atoms with Gasteiger partial charge in [0.1, 0.15) is 5.82 Å². The smallest absolute Gasteiger partial charge is 0.255 e. The number of aromatic nitrogens is 2. The summed E-state index contributed by atoms with van der Waals surface area (Å²) in [6.07, 6.45) is 3.81. The third kappa shape index (κ3) is 3.33. The number of nitrogens with one attached hydrogen (secondary N) is 1. The first-order valence-electron chi connectivity index (χ1n) is 8.73. The zero-order valence-corrected chi connectivity index (χ0v) is 16.1. The molecule has 2 aromatic carbocycles. The third-order valence-corrected chi connectivity index (χ3v) is 6.04. The lowest BCUT2D eigenvalue weighted by atomic mass is 9.95. The van der Waals surface area contributed by atoms with Crippen molar-refractivity contribution in [1.29, 1.82) is 0 Å². The Morgan fingerprint density at radius 3 is 2.73 bits per heavy atom. The molecule has 1 N–H and O–H groups in total. The lowest BCUT2D eigenvalue weighted by Gasteiger charge is -2.31. The quantitative estimate of drug-likeness (QED) is 0.648. The van der Waals surface area contributed by atoms with E-state index in [4.69, 9.17) is 16.6 Å². The van der Waals surface area contributed by atoms with Crippen LogP contribution in [0, 0.1) is 0 Å². The number of benzene rings is 2. The SMILES string of the molecule is CSc1ccc(Cl)c(C(=O)N2CCC(c3nc4ccccc4[nH]3)CC2)c1. The molecule has 134 valence electrons. The fraction of sp³-hybridized carbons (Fsp3) is 0.300. The van der Waals surface area contributed by atoms with Crippen LogP contribution in [-0.2, 0) is 0 Å². The van der Waals surface area contributed by atoms with Crippen LogP contribution >= 0.6 is 23.4 Å². The molecular weight excluding hydrogens is 366 g/mol. The van der Waals surface area contributed by atoms with Crippen LogP contribution < -0.4 is 0 Å². The highest BCUT2D eigenvalue weighted by Crippen LogP contribution is 2.30. The Labute approximate surface area is 161 Å². The molecule has 0 spiro atoms. The molecule has 0 radical (unpaired) electrons. The standard InChI is InChI=1S/C20H20ClN3OS/c1-26-14-6-7-16(21)15(12-14)20(25)24-10-8-13(9-11-24)19-22-17-4-2-3-5-18(17)23-19/h2-7,12-13H,8-11H2,1H3,(H,22,23). The number of piperidine rings is 1. The Bertz CT molecular complexity index is 914. The van der Waals surface area contributed by atoms with Crippen LogP contribution in [0.25, 0.3) is 11.0 Å². The molecule has 0 saturated carbocycles. The third-order valence-electron chi connectivity index (χ3n) is 4.98. The number of halogens is 1. The number of rotatable bonds is 3. The molecule has 0 bridgehead atoms. The van der Waals surface area contributed by atoms with Crippen molar-refractivity contribution in [3.8, 4) is 0 Å². The monoisotopic (exact) mass is 385 g/mol. The summed E-state index contributed by atoms with van der Waals surface area (Å²) < 4.78 is 0. The van der Waals surface area contributed by atoms with E-state index in [0.29, 0.717) is 16.5 Å². The maximum Gasteiger partial charge on any atom is 0.255 e. The van der Waals surface area contributed by atoms with Gasteiger partial charge in [-0.1, -0.05) is 23.7 Å². The summed E-state index contributed by atoms with van der Waals surface area (Å²) in [4.78, 5) is 24.0. The second kappa shape index (κ2) is 7.33. The van der Waals surface area contributed by atoms with Gasteiger partial charge >= 0.3 is 0 Å². The number of carbonyl (C=O) groups is 1. The summed E-state index contributed by atoms with van der Waals surface area (Å²) in [6.45, 7) is 1.45. The van der Waals surface area contributed by atoms with Gasteiger partial charge in [0.2, 0.25) is 0 Å². The normalized spacial score (nSPS) is 15.5. The number of hydrogen-bond acceptors (Lipinski definition) is 3. The molecule has 3 aromatic rings. The molecule has 1 fully saturated rings. The number of H-pyrrole nitrogens is 1. The van der Waals surface area contributed by atoms with Crippen molar-refractivity contribution >= 4 is 40.3 Å². The van der Waals surface area contributed by atoms with Crippen molar-refractivity contribution in [1.82, 2.24) is 14.9 Å². The topological polar surface area (TPSA) is 49.0 Å². The molecule has 1 aliphatic heterocycles. The fourth-order valence-electron chi connectivity index (χ4n) is 3.49. The number of aromatic amines is 1. The van der Waals surface area contributed by atoms with Crippen molar-refractivity contribution in [3.63, 3.8) is 0 Å².